The summed E-state index contributed by atoms with van der Waals surface area (Å²) in [4.78, 5) is 14.2. The number of thiocarbonyl (C=S) groups is 1. The molecule has 1 saturated heterocycles. The number of halogens is 1. The van der Waals surface area contributed by atoms with E-state index in [1.807, 2.05) is 31.2 Å². The number of carbonyl (C=O) groups excluding carboxylic acids is 1. The minimum Gasteiger partial charge on any atom is -0.327 e. The van der Waals surface area contributed by atoms with Crippen molar-refractivity contribution in [3.05, 3.63) is 71.2 Å². The molecule has 2 aromatic rings. The Morgan fingerprint density at radius 2 is 1.87 bits per heavy atom. The standard InChI is InChI=1S/C18H15FN2OS/c1-2-13-5-3-4-6-16(13)21-17(22)15(20-18(21)23)11-12-7-9-14(19)10-8-12/h3-11H,2H2,1H3,(H,20,23)/b15-11+. The third-order valence-corrected chi connectivity index (χ3v) is 3.96. The van der Waals surface area contributed by atoms with Crippen LogP contribution in [0.25, 0.3) is 6.08 Å². The summed E-state index contributed by atoms with van der Waals surface area (Å²) >= 11 is 5.31. The minimum atomic E-state index is -0.313. The highest BCUT2D eigenvalue weighted by molar-refractivity contribution is 7.80. The molecule has 0 aromatic heterocycles. The second-order valence-corrected chi connectivity index (χ2v) is 5.55. The molecular formula is C18H15FN2OS. The zero-order chi connectivity index (χ0) is 16.4. The highest BCUT2D eigenvalue weighted by Crippen LogP contribution is 2.26. The van der Waals surface area contributed by atoms with Crippen LogP contribution in [0.3, 0.4) is 0 Å². The zero-order valence-electron chi connectivity index (χ0n) is 12.5. The highest BCUT2D eigenvalue weighted by Gasteiger charge is 2.32. The van der Waals surface area contributed by atoms with Gasteiger partial charge >= 0.3 is 0 Å². The summed E-state index contributed by atoms with van der Waals surface area (Å²) in [6.45, 7) is 2.03. The molecule has 0 saturated carbocycles. The maximum absolute atomic E-state index is 13.0. The number of amides is 1. The fraction of sp³-hybridized carbons (Fsp3) is 0.111. The lowest BCUT2D eigenvalue weighted by atomic mass is 10.1. The van der Waals surface area contributed by atoms with Crippen LogP contribution in [-0.4, -0.2) is 11.0 Å². The Morgan fingerprint density at radius 1 is 1.17 bits per heavy atom. The molecule has 3 nitrogen and oxygen atoms in total. The van der Waals surface area contributed by atoms with Crippen molar-refractivity contribution < 1.29 is 9.18 Å². The first-order valence-electron chi connectivity index (χ1n) is 7.30. The fourth-order valence-corrected chi connectivity index (χ4v) is 2.80. The molecule has 0 unspecified atom stereocenters. The summed E-state index contributed by atoms with van der Waals surface area (Å²) in [5.41, 5.74) is 2.95. The lowest BCUT2D eigenvalue weighted by Crippen LogP contribution is -2.31. The molecule has 23 heavy (non-hydrogen) atoms. The number of para-hydroxylation sites is 1. The fourth-order valence-electron chi connectivity index (χ4n) is 2.51. The number of benzene rings is 2. The van der Waals surface area contributed by atoms with Crippen molar-refractivity contribution in [3.63, 3.8) is 0 Å². The van der Waals surface area contributed by atoms with Crippen LogP contribution in [0.5, 0.6) is 0 Å². The van der Waals surface area contributed by atoms with Crippen LogP contribution in [0.2, 0.25) is 0 Å². The molecule has 1 N–H and O–H groups in total. The number of carbonyl (C=O) groups is 1. The van der Waals surface area contributed by atoms with Gasteiger partial charge in [-0.3, -0.25) is 9.69 Å². The van der Waals surface area contributed by atoms with Crippen molar-refractivity contribution in [3.8, 4) is 0 Å². The summed E-state index contributed by atoms with van der Waals surface area (Å²) in [5.74, 6) is -0.521. The van der Waals surface area contributed by atoms with Crippen molar-refractivity contribution >= 4 is 35.0 Å². The van der Waals surface area contributed by atoms with Crippen LogP contribution in [0.4, 0.5) is 10.1 Å². The number of aryl methyl sites for hydroxylation is 1. The Bertz CT molecular complexity index is 799. The van der Waals surface area contributed by atoms with E-state index in [1.165, 1.54) is 17.0 Å². The third-order valence-electron chi connectivity index (χ3n) is 3.67. The van der Waals surface area contributed by atoms with Gasteiger partial charge in [-0.25, -0.2) is 4.39 Å². The quantitative estimate of drug-likeness (QED) is 0.690. The normalized spacial score (nSPS) is 16.1. The summed E-state index contributed by atoms with van der Waals surface area (Å²) in [6, 6.07) is 13.6. The molecule has 0 bridgehead atoms. The minimum absolute atomic E-state index is 0.208. The number of hydrogen-bond donors (Lipinski definition) is 1. The number of anilines is 1. The molecular weight excluding hydrogens is 311 g/mol. The topological polar surface area (TPSA) is 32.3 Å². The van der Waals surface area contributed by atoms with Gasteiger partial charge in [-0.15, -0.1) is 0 Å². The highest BCUT2D eigenvalue weighted by atomic mass is 32.1. The summed E-state index contributed by atoms with van der Waals surface area (Å²) in [6.07, 6.45) is 2.47. The monoisotopic (exact) mass is 326 g/mol. The average Bonchev–Trinajstić information content (AvgIpc) is 2.83. The molecule has 0 aliphatic carbocycles. The third kappa shape index (κ3) is 3.00. The lowest BCUT2D eigenvalue weighted by Gasteiger charge is -2.17. The van der Waals surface area contributed by atoms with E-state index >= 15 is 0 Å². The Hall–Kier alpha value is -2.53. The molecule has 116 valence electrons. The molecule has 1 aliphatic heterocycles. The van der Waals surface area contributed by atoms with Crippen molar-refractivity contribution in [1.29, 1.82) is 0 Å². The van der Waals surface area contributed by atoms with Crippen LogP contribution >= 0.6 is 12.2 Å². The van der Waals surface area contributed by atoms with Gasteiger partial charge in [-0.05, 0) is 54.0 Å². The summed E-state index contributed by atoms with van der Waals surface area (Å²) in [5, 5.41) is 3.29. The van der Waals surface area contributed by atoms with E-state index in [4.69, 9.17) is 12.2 Å². The zero-order valence-corrected chi connectivity index (χ0v) is 13.4. The molecule has 1 amide bonds. The Morgan fingerprint density at radius 3 is 2.57 bits per heavy atom. The summed E-state index contributed by atoms with van der Waals surface area (Å²) < 4.78 is 13.0. The maximum atomic E-state index is 13.0. The van der Waals surface area contributed by atoms with Crippen LogP contribution in [0.15, 0.2) is 54.2 Å². The average molecular weight is 326 g/mol. The SMILES string of the molecule is CCc1ccccc1N1C(=O)/C(=C\c2ccc(F)cc2)NC1=S. The molecule has 0 atom stereocenters. The van der Waals surface area contributed by atoms with Gasteiger partial charge in [-0.1, -0.05) is 37.3 Å². The maximum Gasteiger partial charge on any atom is 0.281 e. The number of rotatable bonds is 3. The Kier molecular flexibility index (Phi) is 4.21. The number of nitrogens with one attached hydrogen (secondary N) is 1. The molecule has 2 aromatic carbocycles. The van der Waals surface area contributed by atoms with Crippen molar-refractivity contribution in [2.45, 2.75) is 13.3 Å². The number of hydrogen-bond acceptors (Lipinski definition) is 2. The molecule has 0 spiro atoms. The molecule has 3 rings (SSSR count). The molecule has 1 fully saturated rings. The van der Waals surface area contributed by atoms with Gasteiger partial charge in [0.05, 0.1) is 5.69 Å². The van der Waals surface area contributed by atoms with E-state index in [0.717, 1.165) is 23.2 Å². The lowest BCUT2D eigenvalue weighted by molar-refractivity contribution is -0.113. The molecule has 1 heterocycles. The van der Waals surface area contributed by atoms with Crippen LogP contribution in [0.1, 0.15) is 18.1 Å². The summed E-state index contributed by atoms with van der Waals surface area (Å²) in [7, 11) is 0. The van der Waals surface area contributed by atoms with E-state index < -0.39 is 0 Å². The first-order chi connectivity index (χ1) is 11.1. The second-order valence-electron chi connectivity index (χ2n) is 5.16. The van der Waals surface area contributed by atoms with Gasteiger partial charge in [0.2, 0.25) is 0 Å². The predicted octanol–water partition coefficient (Wildman–Crippen LogP) is 3.65. The predicted molar refractivity (Wildman–Crippen MR) is 93.4 cm³/mol. The van der Waals surface area contributed by atoms with E-state index in [0.29, 0.717) is 10.8 Å². The first-order valence-corrected chi connectivity index (χ1v) is 7.71. The van der Waals surface area contributed by atoms with Gasteiger partial charge in [0, 0.05) is 0 Å². The van der Waals surface area contributed by atoms with Gasteiger partial charge in [0.15, 0.2) is 5.11 Å². The Labute approximate surface area is 139 Å². The van der Waals surface area contributed by atoms with Crippen LogP contribution in [-0.2, 0) is 11.2 Å². The van der Waals surface area contributed by atoms with Crippen molar-refractivity contribution in [2.75, 3.05) is 4.90 Å². The molecule has 0 radical (unpaired) electrons. The van der Waals surface area contributed by atoms with Gasteiger partial charge in [0.1, 0.15) is 11.5 Å². The molecule has 1 aliphatic rings. The van der Waals surface area contributed by atoms with Gasteiger partial charge < -0.3 is 5.32 Å². The first kappa shape index (κ1) is 15.4. The van der Waals surface area contributed by atoms with E-state index in [-0.39, 0.29) is 11.7 Å². The van der Waals surface area contributed by atoms with E-state index in [2.05, 4.69) is 5.32 Å². The van der Waals surface area contributed by atoms with Gasteiger partial charge in [0.25, 0.3) is 5.91 Å². The second kappa shape index (κ2) is 6.30. The smallest absolute Gasteiger partial charge is 0.281 e. The number of nitrogens with zero attached hydrogens (tertiary/aromatic N) is 1. The van der Waals surface area contributed by atoms with Crippen LogP contribution in [0, 0.1) is 5.82 Å². The Balaban J connectivity index is 1.95. The largest absolute Gasteiger partial charge is 0.327 e. The van der Waals surface area contributed by atoms with Gasteiger partial charge in [-0.2, -0.15) is 0 Å². The van der Waals surface area contributed by atoms with Crippen molar-refractivity contribution in [2.24, 2.45) is 0 Å². The van der Waals surface area contributed by atoms with E-state index in [9.17, 15) is 9.18 Å². The van der Waals surface area contributed by atoms with E-state index in [1.54, 1.807) is 18.2 Å². The van der Waals surface area contributed by atoms with Crippen molar-refractivity contribution in [1.82, 2.24) is 5.32 Å². The molecule has 5 heteroatoms. The van der Waals surface area contributed by atoms with Crippen LogP contribution < -0.4 is 10.2 Å².